The lowest BCUT2D eigenvalue weighted by molar-refractivity contribution is -0.137. The summed E-state index contributed by atoms with van der Waals surface area (Å²) >= 11 is 3.12. The molecule has 0 aromatic heterocycles. The van der Waals surface area contributed by atoms with Crippen LogP contribution in [-0.2, 0) is 10.0 Å². The molecule has 0 N–H and O–H groups in total. The van der Waals surface area contributed by atoms with Crippen LogP contribution < -0.4 is 4.74 Å². The third kappa shape index (κ3) is 3.89. The van der Waals surface area contributed by atoms with Gasteiger partial charge in [-0.2, -0.15) is 17.5 Å². The number of nitrogens with zero attached hydrogens (tertiary/aromatic N) is 1. The average molecular weight is 388 g/mol. The van der Waals surface area contributed by atoms with Crippen molar-refractivity contribution in [1.82, 2.24) is 4.31 Å². The van der Waals surface area contributed by atoms with Gasteiger partial charge in [-0.25, -0.2) is 8.42 Å². The van der Waals surface area contributed by atoms with E-state index in [4.69, 9.17) is 4.74 Å². The Hall–Kier alpha value is -0.800. The van der Waals surface area contributed by atoms with E-state index in [2.05, 4.69) is 15.9 Å². The van der Waals surface area contributed by atoms with Gasteiger partial charge in [0, 0.05) is 10.5 Å². The predicted molar refractivity (Wildman–Crippen MR) is 73.7 cm³/mol. The molecular formula is C12H13BrF3NO3S. The van der Waals surface area contributed by atoms with E-state index in [1.807, 2.05) is 0 Å². The van der Waals surface area contributed by atoms with Gasteiger partial charge in [-0.05, 0) is 31.0 Å². The fourth-order valence-electron chi connectivity index (χ4n) is 1.93. The van der Waals surface area contributed by atoms with Gasteiger partial charge in [0.2, 0.25) is 10.0 Å². The third-order valence-corrected chi connectivity index (χ3v) is 5.41. The second-order valence-electron chi connectivity index (χ2n) is 4.69. The van der Waals surface area contributed by atoms with Gasteiger partial charge in [-0.3, -0.25) is 0 Å². The summed E-state index contributed by atoms with van der Waals surface area (Å²) in [4.78, 5) is -0.268. The molecule has 1 saturated carbocycles. The number of halogens is 4. The summed E-state index contributed by atoms with van der Waals surface area (Å²) in [5.41, 5.74) is 0. The minimum atomic E-state index is -4.59. The van der Waals surface area contributed by atoms with E-state index in [0.717, 1.165) is 0 Å². The lowest BCUT2D eigenvalue weighted by Crippen LogP contribution is -2.40. The first-order chi connectivity index (χ1) is 9.65. The van der Waals surface area contributed by atoms with Crippen molar-refractivity contribution in [1.29, 1.82) is 0 Å². The predicted octanol–water partition coefficient (Wildman–Crippen LogP) is 3.17. The maximum absolute atomic E-state index is 12.7. The van der Waals surface area contributed by atoms with Crippen LogP contribution in [0.15, 0.2) is 27.6 Å². The first-order valence-corrected chi connectivity index (χ1v) is 8.30. The smallest absolute Gasteiger partial charge is 0.402 e. The number of ether oxygens (including phenoxy) is 1. The monoisotopic (exact) mass is 387 g/mol. The van der Waals surface area contributed by atoms with Crippen LogP contribution in [0.2, 0.25) is 0 Å². The Kier molecular flexibility index (Phi) is 4.55. The molecule has 21 heavy (non-hydrogen) atoms. The van der Waals surface area contributed by atoms with E-state index in [1.165, 1.54) is 19.2 Å². The minimum absolute atomic E-state index is 0.0195. The van der Waals surface area contributed by atoms with Crippen molar-refractivity contribution in [2.75, 3.05) is 13.7 Å². The molecule has 0 spiro atoms. The summed E-state index contributed by atoms with van der Waals surface area (Å²) < 4.78 is 69.0. The van der Waals surface area contributed by atoms with Crippen LogP contribution in [0, 0.1) is 0 Å². The first kappa shape index (κ1) is 16.6. The van der Waals surface area contributed by atoms with E-state index in [-0.39, 0.29) is 10.6 Å². The van der Waals surface area contributed by atoms with Crippen LogP contribution in [-0.4, -0.2) is 38.6 Å². The zero-order chi connectivity index (χ0) is 15.8. The molecule has 0 bridgehead atoms. The Labute approximate surface area is 129 Å². The Morgan fingerprint density at radius 1 is 1.38 bits per heavy atom. The molecule has 0 unspecified atom stereocenters. The van der Waals surface area contributed by atoms with Crippen molar-refractivity contribution in [2.24, 2.45) is 0 Å². The second kappa shape index (κ2) is 5.77. The van der Waals surface area contributed by atoms with Crippen molar-refractivity contribution in [2.45, 2.75) is 30.0 Å². The highest BCUT2D eigenvalue weighted by atomic mass is 79.9. The zero-order valence-electron chi connectivity index (χ0n) is 11.0. The number of hydrogen-bond donors (Lipinski definition) is 0. The van der Waals surface area contributed by atoms with Crippen molar-refractivity contribution >= 4 is 26.0 Å². The highest BCUT2D eigenvalue weighted by molar-refractivity contribution is 9.10. The fourth-order valence-corrected chi connectivity index (χ4v) is 4.29. The van der Waals surface area contributed by atoms with Gasteiger partial charge in [-0.1, -0.05) is 15.9 Å². The summed E-state index contributed by atoms with van der Waals surface area (Å²) in [6, 6.07) is 3.61. The molecule has 118 valence electrons. The van der Waals surface area contributed by atoms with Crippen LogP contribution in [0.5, 0.6) is 5.75 Å². The van der Waals surface area contributed by atoms with Gasteiger partial charge in [-0.15, -0.1) is 0 Å². The number of sulfonamides is 1. The number of rotatable bonds is 5. The van der Waals surface area contributed by atoms with Gasteiger partial charge < -0.3 is 4.74 Å². The molecule has 0 atom stereocenters. The first-order valence-electron chi connectivity index (χ1n) is 6.07. The Bertz CT molecular complexity index is 629. The van der Waals surface area contributed by atoms with Gasteiger partial charge in [0.15, 0.2) is 0 Å². The summed E-state index contributed by atoms with van der Waals surface area (Å²) in [6.45, 7) is -1.49. The van der Waals surface area contributed by atoms with Crippen molar-refractivity contribution in [3.05, 3.63) is 22.7 Å². The molecule has 0 radical (unpaired) electrons. The van der Waals surface area contributed by atoms with Crippen LogP contribution in [0.3, 0.4) is 0 Å². The number of hydrogen-bond acceptors (Lipinski definition) is 3. The average Bonchev–Trinajstić information content (AvgIpc) is 3.19. The lowest BCUT2D eigenvalue weighted by atomic mass is 10.3. The third-order valence-electron chi connectivity index (χ3n) is 3.00. The summed E-state index contributed by atoms with van der Waals surface area (Å²) in [5.74, 6) is 0.0195. The minimum Gasteiger partial charge on any atom is -0.495 e. The van der Waals surface area contributed by atoms with Crippen molar-refractivity contribution < 1.29 is 26.3 Å². The highest BCUT2D eigenvalue weighted by Gasteiger charge is 2.45. The normalized spacial score (nSPS) is 16.3. The maximum atomic E-state index is 12.7. The Morgan fingerprint density at radius 2 is 2.00 bits per heavy atom. The molecule has 1 aromatic rings. The van der Waals surface area contributed by atoms with E-state index in [1.54, 1.807) is 6.07 Å². The molecule has 1 fully saturated rings. The van der Waals surface area contributed by atoms with Gasteiger partial charge in [0.25, 0.3) is 0 Å². The standard InChI is InChI=1S/C12H13BrF3NO3S/c1-20-10-5-2-8(13)6-11(10)21(18,19)17(9-3-4-9)7-12(14,15)16/h2,5-6,9H,3-4,7H2,1H3. The molecule has 1 aliphatic carbocycles. The fraction of sp³-hybridized carbons (Fsp3) is 0.500. The number of alkyl halides is 3. The van der Waals surface area contributed by atoms with E-state index >= 15 is 0 Å². The van der Waals surface area contributed by atoms with Gasteiger partial charge in [0.05, 0.1) is 7.11 Å². The molecule has 0 aliphatic heterocycles. The zero-order valence-corrected chi connectivity index (χ0v) is 13.4. The van der Waals surface area contributed by atoms with E-state index in [9.17, 15) is 21.6 Å². The van der Waals surface area contributed by atoms with E-state index < -0.39 is 28.8 Å². The molecular weight excluding hydrogens is 375 g/mol. The van der Waals surface area contributed by atoms with Crippen molar-refractivity contribution in [3.8, 4) is 5.75 Å². The van der Waals surface area contributed by atoms with E-state index in [0.29, 0.717) is 21.6 Å². The van der Waals surface area contributed by atoms with Crippen LogP contribution >= 0.6 is 15.9 Å². The Morgan fingerprint density at radius 3 is 2.48 bits per heavy atom. The molecule has 1 aliphatic rings. The molecule has 1 aromatic carbocycles. The summed E-state index contributed by atoms with van der Waals surface area (Å²) in [6.07, 6.45) is -3.72. The molecule has 4 nitrogen and oxygen atoms in total. The largest absolute Gasteiger partial charge is 0.495 e. The quantitative estimate of drug-likeness (QED) is 0.779. The second-order valence-corrected chi connectivity index (χ2v) is 7.47. The summed E-state index contributed by atoms with van der Waals surface area (Å²) in [5, 5.41) is 0. The topological polar surface area (TPSA) is 46.6 Å². The molecule has 0 heterocycles. The molecule has 9 heteroatoms. The highest BCUT2D eigenvalue weighted by Crippen LogP contribution is 2.38. The SMILES string of the molecule is COc1ccc(Br)cc1S(=O)(=O)N(CC(F)(F)F)C1CC1. The van der Waals surface area contributed by atoms with Crippen molar-refractivity contribution in [3.63, 3.8) is 0 Å². The number of benzene rings is 1. The molecule has 0 amide bonds. The van der Waals surface area contributed by atoms with Crippen LogP contribution in [0.25, 0.3) is 0 Å². The van der Waals surface area contributed by atoms with Crippen LogP contribution in [0.1, 0.15) is 12.8 Å². The summed E-state index contributed by atoms with van der Waals surface area (Å²) in [7, 11) is -3.01. The van der Waals surface area contributed by atoms with Crippen LogP contribution in [0.4, 0.5) is 13.2 Å². The lowest BCUT2D eigenvalue weighted by Gasteiger charge is -2.24. The van der Waals surface area contributed by atoms with Gasteiger partial charge >= 0.3 is 6.18 Å². The number of methoxy groups -OCH3 is 1. The molecule has 2 rings (SSSR count). The molecule has 0 saturated heterocycles. The van der Waals surface area contributed by atoms with Gasteiger partial charge in [0.1, 0.15) is 17.2 Å². The maximum Gasteiger partial charge on any atom is 0.402 e. The Balaban J connectivity index is 2.46.